The lowest BCUT2D eigenvalue weighted by molar-refractivity contribution is -0.121. The zero-order chi connectivity index (χ0) is 21.6. The van der Waals surface area contributed by atoms with Crippen molar-refractivity contribution in [3.63, 3.8) is 0 Å². The number of likely N-dealkylation sites (tertiary alicyclic amines) is 2. The molecule has 1 N–H and O–H groups in total. The van der Waals surface area contributed by atoms with Crippen molar-refractivity contribution in [1.82, 2.24) is 9.80 Å². The molecule has 2 aliphatic rings. The molecule has 166 valence electrons. The van der Waals surface area contributed by atoms with E-state index in [0.29, 0.717) is 0 Å². The van der Waals surface area contributed by atoms with E-state index in [4.69, 9.17) is 16.3 Å². The highest BCUT2D eigenvalue weighted by Gasteiger charge is 2.25. The normalized spacial score (nSPS) is 19.3. The molecule has 2 aromatic carbocycles. The largest absolute Gasteiger partial charge is 0.490 e. The number of carbonyl (C=O) groups excluding carboxylic acids is 1. The van der Waals surface area contributed by atoms with Gasteiger partial charge in [0.05, 0.1) is 0 Å². The van der Waals surface area contributed by atoms with Crippen molar-refractivity contribution < 1.29 is 9.53 Å². The van der Waals surface area contributed by atoms with E-state index in [2.05, 4.69) is 28.2 Å². The monoisotopic (exact) mass is 441 g/mol. The van der Waals surface area contributed by atoms with E-state index in [1.807, 2.05) is 42.5 Å². The van der Waals surface area contributed by atoms with Crippen LogP contribution in [0.2, 0.25) is 5.02 Å². The van der Waals surface area contributed by atoms with E-state index in [-0.39, 0.29) is 17.9 Å². The summed E-state index contributed by atoms with van der Waals surface area (Å²) in [4.78, 5) is 17.5. The molecule has 6 heteroatoms. The van der Waals surface area contributed by atoms with Gasteiger partial charge in [-0.05, 0) is 87.8 Å². The second kappa shape index (κ2) is 10.5. The van der Waals surface area contributed by atoms with Gasteiger partial charge in [0, 0.05) is 36.3 Å². The molecule has 0 atom stereocenters. The van der Waals surface area contributed by atoms with Gasteiger partial charge in [0.2, 0.25) is 5.91 Å². The minimum absolute atomic E-state index is 0.0609. The predicted molar refractivity (Wildman–Crippen MR) is 126 cm³/mol. The minimum atomic E-state index is 0.0609. The number of hydrogen-bond donors (Lipinski definition) is 1. The van der Waals surface area contributed by atoms with Crippen LogP contribution in [-0.2, 0) is 11.3 Å². The molecule has 0 saturated carbocycles. The Labute approximate surface area is 190 Å². The molecule has 5 nitrogen and oxygen atoms in total. The maximum atomic E-state index is 12.7. The number of nitrogens with one attached hydrogen (secondary N) is 1. The van der Waals surface area contributed by atoms with Crippen LogP contribution in [0, 0.1) is 5.92 Å². The highest BCUT2D eigenvalue weighted by Crippen LogP contribution is 2.24. The maximum absolute atomic E-state index is 12.7. The molecule has 0 bridgehead atoms. The highest BCUT2D eigenvalue weighted by molar-refractivity contribution is 6.30. The van der Waals surface area contributed by atoms with Gasteiger partial charge < -0.3 is 15.0 Å². The number of benzene rings is 2. The molecule has 2 aliphatic heterocycles. The summed E-state index contributed by atoms with van der Waals surface area (Å²) >= 11 is 6.09. The maximum Gasteiger partial charge on any atom is 0.227 e. The Hall–Kier alpha value is -2.08. The molecule has 2 aromatic rings. The summed E-state index contributed by atoms with van der Waals surface area (Å²) in [5, 5.41) is 3.86. The van der Waals surface area contributed by atoms with E-state index in [1.165, 1.54) is 5.56 Å². The van der Waals surface area contributed by atoms with Crippen molar-refractivity contribution in [3.8, 4) is 5.75 Å². The summed E-state index contributed by atoms with van der Waals surface area (Å²) in [5.41, 5.74) is 2.06. The predicted octanol–water partition coefficient (Wildman–Crippen LogP) is 4.66. The first-order valence-corrected chi connectivity index (χ1v) is 11.7. The molecule has 0 radical (unpaired) electrons. The Balaban J connectivity index is 1.21. The van der Waals surface area contributed by atoms with E-state index in [1.54, 1.807) is 0 Å². The summed E-state index contributed by atoms with van der Waals surface area (Å²) in [6, 6.07) is 15.8. The topological polar surface area (TPSA) is 44.8 Å². The third kappa shape index (κ3) is 6.45. The van der Waals surface area contributed by atoms with Crippen molar-refractivity contribution in [3.05, 3.63) is 59.1 Å². The Morgan fingerprint density at radius 2 is 1.74 bits per heavy atom. The molecule has 1 amide bonds. The fourth-order valence-electron chi connectivity index (χ4n) is 4.40. The molecule has 0 aliphatic carbocycles. The number of amides is 1. The van der Waals surface area contributed by atoms with Crippen LogP contribution in [0.5, 0.6) is 5.75 Å². The number of rotatable bonds is 6. The van der Waals surface area contributed by atoms with Gasteiger partial charge in [0.25, 0.3) is 0 Å². The summed E-state index contributed by atoms with van der Waals surface area (Å²) in [5.74, 6) is 1.05. The zero-order valence-electron chi connectivity index (χ0n) is 18.2. The molecular weight excluding hydrogens is 410 g/mol. The third-order valence-electron chi connectivity index (χ3n) is 6.34. The number of halogens is 1. The highest BCUT2D eigenvalue weighted by atomic mass is 35.5. The zero-order valence-corrected chi connectivity index (χ0v) is 19.0. The molecule has 0 spiro atoms. The number of anilines is 1. The molecule has 2 heterocycles. The van der Waals surface area contributed by atoms with Crippen molar-refractivity contribution in [1.29, 1.82) is 0 Å². The quantitative estimate of drug-likeness (QED) is 0.707. The standard InChI is InChI=1S/C25H32ClN3O2/c1-28-13-11-24(12-14-28)31-23-7-5-22(6-8-23)27-25(30)20-9-15-29(16-10-20)18-19-3-2-4-21(26)17-19/h2-8,17,20,24H,9-16,18H2,1H3,(H,27,30). The fourth-order valence-corrected chi connectivity index (χ4v) is 4.62. The Morgan fingerprint density at radius 3 is 2.42 bits per heavy atom. The minimum Gasteiger partial charge on any atom is -0.490 e. The fraction of sp³-hybridized carbons (Fsp3) is 0.480. The number of hydrogen-bond acceptors (Lipinski definition) is 4. The third-order valence-corrected chi connectivity index (χ3v) is 6.58. The lowest BCUT2D eigenvalue weighted by Crippen LogP contribution is -2.37. The van der Waals surface area contributed by atoms with Gasteiger partial charge in [0.15, 0.2) is 0 Å². The van der Waals surface area contributed by atoms with E-state index >= 15 is 0 Å². The van der Waals surface area contributed by atoms with Gasteiger partial charge in [-0.25, -0.2) is 0 Å². The van der Waals surface area contributed by atoms with Crippen molar-refractivity contribution in [2.45, 2.75) is 38.3 Å². The molecule has 0 unspecified atom stereocenters. The van der Waals surface area contributed by atoms with Crippen LogP contribution in [0.15, 0.2) is 48.5 Å². The van der Waals surface area contributed by atoms with Crippen LogP contribution in [0.3, 0.4) is 0 Å². The number of ether oxygens (including phenoxy) is 1. The van der Waals surface area contributed by atoms with Crippen molar-refractivity contribution >= 4 is 23.2 Å². The van der Waals surface area contributed by atoms with E-state index < -0.39 is 0 Å². The van der Waals surface area contributed by atoms with E-state index in [0.717, 1.165) is 74.9 Å². The van der Waals surface area contributed by atoms with Crippen LogP contribution in [0.1, 0.15) is 31.2 Å². The summed E-state index contributed by atoms with van der Waals surface area (Å²) in [6.45, 7) is 4.89. The van der Waals surface area contributed by atoms with Crippen LogP contribution in [0.25, 0.3) is 0 Å². The van der Waals surface area contributed by atoms with Crippen LogP contribution in [-0.4, -0.2) is 55.0 Å². The SMILES string of the molecule is CN1CCC(Oc2ccc(NC(=O)C3CCN(Cc4cccc(Cl)c4)CC3)cc2)CC1. The molecular formula is C25H32ClN3O2. The summed E-state index contributed by atoms with van der Waals surface area (Å²) in [6.07, 6.45) is 4.16. The van der Waals surface area contributed by atoms with Gasteiger partial charge in [-0.3, -0.25) is 9.69 Å². The average Bonchev–Trinajstić information content (AvgIpc) is 2.77. The Morgan fingerprint density at radius 1 is 1.03 bits per heavy atom. The summed E-state index contributed by atoms with van der Waals surface area (Å²) in [7, 11) is 2.15. The van der Waals surface area contributed by atoms with Crippen LogP contribution >= 0.6 is 11.6 Å². The Bertz CT molecular complexity index is 857. The van der Waals surface area contributed by atoms with Gasteiger partial charge in [-0.1, -0.05) is 23.7 Å². The molecule has 0 aromatic heterocycles. The first-order valence-electron chi connectivity index (χ1n) is 11.3. The van der Waals surface area contributed by atoms with Crippen LogP contribution < -0.4 is 10.1 Å². The number of nitrogens with zero attached hydrogens (tertiary/aromatic N) is 2. The summed E-state index contributed by atoms with van der Waals surface area (Å²) < 4.78 is 6.09. The molecule has 31 heavy (non-hydrogen) atoms. The lowest BCUT2D eigenvalue weighted by atomic mass is 9.95. The lowest BCUT2D eigenvalue weighted by Gasteiger charge is -2.31. The van der Waals surface area contributed by atoms with Crippen molar-refractivity contribution in [2.75, 3.05) is 38.5 Å². The average molecular weight is 442 g/mol. The molecule has 4 rings (SSSR count). The van der Waals surface area contributed by atoms with Gasteiger partial charge in [-0.15, -0.1) is 0 Å². The van der Waals surface area contributed by atoms with Crippen molar-refractivity contribution in [2.24, 2.45) is 5.92 Å². The Kier molecular flexibility index (Phi) is 7.49. The second-order valence-electron chi connectivity index (χ2n) is 8.81. The first kappa shape index (κ1) is 22.1. The van der Waals surface area contributed by atoms with Gasteiger partial charge >= 0.3 is 0 Å². The smallest absolute Gasteiger partial charge is 0.227 e. The van der Waals surface area contributed by atoms with E-state index in [9.17, 15) is 4.79 Å². The second-order valence-corrected chi connectivity index (χ2v) is 9.25. The molecule has 2 fully saturated rings. The van der Waals surface area contributed by atoms with Gasteiger partial charge in [-0.2, -0.15) is 0 Å². The number of carbonyl (C=O) groups is 1. The number of piperidine rings is 2. The first-order chi connectivity index (χ1) is 15.0. The molecule has 2 saturated heterocycles. The van der Waals surface area contributed by atoms with Crippen LogP contribution in [0.4, 0.5) is 5.69 Å². The van der Waals surface area contributed by atoms with Gasteiger partial charge in [0.1, 0.15) is 11.9 Å².